The summed E-state index contributed by atoms with van der Waals surface area (Å²) in [5.41, 5.74) is 8.21. The smallest absolute Gasteiger partial charge is 0.123 e. The molecule has 3 heteroatoms. The van der Waals surface area contributed by atoms with E-state index in [1.807, 2.05) is 6.07 Å². The quantitative estimate of drug-likeness (QED) is 0.783. The van der Waals surface area contributed by atoms with Crippen molar-refractivity contribution in [3.63, 3.8) is 0 Å². The van der Waals surface area contributed by atoms with E-state index in [4.69, 9.17) is 5.73 Å². The predicted molar refractivity (Wildman–Crippen MR) is 63.0 cm³/mol. The number of rotatable bonds is 1. The van der Waals surface area contributed by atoms with Gasteiger partial charge < -0.3 is 10.6 Å². The van der Waals surface area contributed by atoms with E-state index in [0.717, 1.165) is 25.1 Å². The minimum Gasteiger partial charge on any atom is -0.368 e. The number of benzene rings is 1. The number of fused-ring (bicyclic) bond motifs is 3. The topological polar surface area (TPSA) is 29.3 Å². The molecule has 1 aromatic carbocycles. The fraction of sp³-hybridized carbons (Fsp3) is 0.538. The Hall–Kier alpha value is -1.09. The Kier molecular flexibility index (Phi) is 2.36. The standard InChI is InChI=1S/C13H17FN2/c14-11-3-4-12-10(6-11)7-13-9(8-15)2-1-5-16(12)13/h3-4,6,9,13H,1-2,5,7-8,15H2. The van der Waals surface area contributed by atoms with E-state index in [-0.39, 0.29) is 5.82 Å². The summed E-state index contributed by atoms with van der Waals surface area (Å²) in [5.74, 6) is 0.451. The van der Waals surface area contributed by atoms with Gasteiger partial charge >= 0.3 is 0 Å². The zero-order valence-corrected chi connectivity index (χ0v) is 9.32. The van der Waals surface area contributed by atoms with Crippen LogP contribution in [0.1, 0.15) is 18.4 Å². The predicted octanol–water partition coefficient (Wildman–Crippen LogP) is 1.93. The van der Waals surface area contributed by atoms with Crippen molar-refractivity contribution in [1.82, 2.24) is 0 Å². The molecule has 2 unspecified atom stereocenters. The normalized spacial score (nSPS) is 27.8. The minimum absolute atomic E-state index is 0.122. The SMILES string of the molecule is NCC1CCCN2c3ccc(F)cc3CC12. The molecule has 3 rings (SSSR count). The summed E-state index contributed by atoms with van der Waals surface area (Å²) in [6.45, 7) is 1.84. The van der Waals surface area contributed by atoms with Gasteiger partial charge in [-0.2, -0.15) is 0 Å². The summed E-state index contributed by atoms with van der Waals surface area (Å²) in [5, 5.41) is 0. The second-order valence-corrected chi connectivity index (χ2v) is 4.88. The molecule has 2 aliphatic heterocycles. The van der Waals surface area contributed by atoms with E-state index >= 15 is 0 Å². The Morgan fingerprint density at radius 1 is 1.44 bits per heavy atom. The Balaban J connectivity index is 1.96. The van der Waals surface area contributed by atoms with Gasteiger partial charge in [0.15, 0.2) is 0 Å². The van der Waals surface area contributed by atoms with Crippen LogP contribution in [0, 0.1) is 11.7 Å². The van der Waals surface area contributed by atoms with Crippen molar-refractivity contribution in [2.45, 2.75) is 25.3 Å². The highest BCUT2D eigenvalue weighted by molar-refractivity contribution is 5.60. The molecule has 0 spiro atoms. The molecule has 0 radical (unpaired) electrons. The molecule has 1 aromatic rings. The summed E-state index contributed by atoms with van der Waals surface area (Å²) in [6.07, 6.45) is 3.39. The Labute approximate surface area is 95.2 Å². The molecular weight excluding hydrogens is 203 g/mol. The van der Waals surface area contributed by atoms with Gasteiger partial charge in [0.05, 0.1) is 0 Å². The number of nitrogens with two attached hydrogens (primary N) is 1. The Bertz CT molecular complexity index is 405. The van der Waals surface area contributed by atoms with Crippen LogP contribution in [0.5, 0.6) is 0 Å². The highest BCUT2D eigenvalue weighted by Gasteiger charge is 2.36. The monoisotopic (exact) mass is 220 g/mol. The number of hydrogen-bond acceptors (Lipinski definition) is 2. The lowest BCUT2D eigenvalue weighted by Gasteiger charge is -2.38. The molecule has 2 N–H and O–H groups in total. The van der Waals surface area contributed by atoms with Crippen molar-refractivity contribution in [3.05, 3.63) is 29.6 Å². The first-order valence-electron chi connectivity index (χ1n) is 6.04. The maximum absolute atomic E-state index is 13.2. The third-order valence-electron chi connectivity index (χ3n) is 4.00. The van der Waals surface area contributed by atoms with Crippen LogP contribution in [0.15, 0.2) is 18.2 Å². The summed E-state index contributed by atoms with van der Waals surface area (Å²) in [4.78, 5) is 2.43. The van der Waals surface area contributed by atoms with Crippen molar-refractivity contribution in [3.8, 4) is 0 Å². The van der Waals surface area contributed by atoms with Crippen LogP contribution >= 0.6 is 0 Å². The average molecular weight is 220 g/mol. The largest absolute Gasteiger partial charge is 0.368 e. The van der Waals surface area contributed by atoms with Crippen LogP contribution in [-0.4, -0.2) is 19.1 Å². The molecule has 0 saturated carbocycles. The molecular formula is C13H17FN2. The van der Waals surface area contributed by atoms with Gasteiger partial charge in [-0.15, -0.1) is 0 Å². The Morgan fingerprint density at radius 3 is 3.12 bits per heavy atom. The molecule has 0 aliphatic carbocycles. The van der Waals surface area contributed by atoms with Gasteiger partial charge in [-0.1, -0.05) is 0 Å². The third-order valence-corrected chi connectivity index (χ3v) is 4.00. The third kappa shape index (κ3) is 1.42. The second kappa shape index (κ2) is 3.74. The van der Waals surface area contributed by atoms with E-state index in [2.05, 4.69) is 4.90 Å². The fourth-order valence-corrected chi connectivity index (χ4v) is 3.21. The van der Waals surface area contributed by atoms with E-state index < -0.39 is 0 Å². The first-order chi connectivity index (χ1) is 7.79. The highest BCUT2D eigenvalue weighted by Crippen LogP contribution is 2.39. The van der Waals surface area contributed by atoms with Crippen LogP contribution in [0.25, 0.3) is 0 Å². The lowest BCUT2D eigenvalue weighted by atomic mass is 9.88. The zero-order chi connectivity index (χ0) is 11.1. The molecule has 1 fully saturated rings. The first-order valence-corrected chi connectivity index (χ1v) is 6.04. The van der Waals surface area contributed by atoms with Crippen molar-refractivity contribution in [2.75, 3.05) is 18.0 Å². The molecule has 0 aromatic heterocycles. The lowest BCUT2D eigenvalue weighted by Crippen LogP contribution is -2.45. The first kappa shape index (κ1) is 10.1. The van der Waals surface area contributed by atoms with E-state index in [1.54, 1.807) is 12.1 Å². The number of hydrogen-bond donors (Lipinski definition) is 1. The molecule has 2 atom stereocenters. The van der Waals surface area contributed by atoms with Gasteiger partial charge in [-0.05, 0) is 55.5 Å². The zero-order valence-electron chi connectivity index (χ0n) is 9.32. The summed E-state index contributed by atoms with van der Waals surface area (Å²) < 4.78 is 13.2. The molecule has 0 amide bonds. The van der Waals surface area contributed by atoms with E-state index in [1.165, 1.54) is 18.5 Å². The summed E-state index contributed by atoms with van der Waals surface area (Å²) >= 11 is 0. The second-order valence-electron chi connectivity index (χ2n) is 4.88. The van der Waals surface area contributed by atoms with Crippen LogP contribution < -0.4 is 10.6 Å². The summed E-state index contributed by atoms with van der Waals surface area (Å²) in [7, 11) is 0. The van der Waals surface area contributed by atoms with Crippen LogP contribution in [0.2, 0.25) is 0 Å². The minimum atomic E-state index is -0.122. The van der Waals surface area contributed by atoms with Crippen molar-refractivity contribution in [1.29, 1.82) is 0 Å². The highest BCUT2D eigenvalue weighted by atomic mass is 19.1. The number of halogens is 1. The summed E-state index contributed by atoms with van der Waals surface area (Å²) in [6, 6.07) is 5.67. The van der Waals surface area contributed by atoms with Crippen LogP contribution in [0.4, 0.5) is 10.1 Å². The number of anilines is 1. The lowest BCUT2D eigenvalue weighted by molar-refractivity contribution is 0.339. The molecule has 16 heavy (non-hydrogen) atoms. The molecule has 0 bridgehead atoms. The van der Waals surface area contributed by atoms with Crippen molar-refractivity contribution in [2.24, 2.45) is 11.7 Å². The fourth-order valence-electron chi connectivity index (χ4n) is 3.21. The molecule has 1 saturated heterocycles. The average Bonchev–Trinajstić information content (AvgIpc) is 2.65. The number of piperidine rings is 1. The Morgan fingerprint density at radius 2 is 2.31 bits per heavy atom. The van der Waals surface area contributed by atoms with E-state index in [9.17, 15) is 4.39 Å². The van der Waals surface area contributed by atoms with Crippen LogP contribution in [0.3, 0.4) is 0 Å². The van der Waals surface area contributed by atoms with Crippen molar-refractivity contribution < 1.29 is 4.39 Å². The van der Waals surface area contributed by atoms with E-state index in [0.29, 0.717) is 12.0 Å². The number of nitrogens with zero attached hydrogens (tertiary/aromatic N) is 1. The molecule has 2 aliphatic rings. The van der Waals surface area contributed by atoms with Gasteiger partial charge in [-0.25, -0.2) is 4.39 Å². The maximum Gasteiger partial charge on any atom is 0.123 e. The van der Waals surface area contributed by atoms with Gasteiger partial charge in [-0.3, -0.25) is 0 Å². The van der Waals surface area contributed by atoms with Gasteiger partial charge in [0.1, 0.15) is 5.82 Å². The van der Waals surface area contributed by atoms with Gasteiger partial charge in [0.25, 0.3) is 0 Å². The molecule has 2 nitrogen and oxygen atoms in total. The molecule has 2 heterocycles. The van der Waals surface area contributed by atoms with Gasteiger partial charge in [0, 0.05) is 18.3 Å². The maximum atomic E-state index is 13.2. The van der Waals surface area contributed by atoms with Gasteiger partial charge in [0.2, 0.25) is 0 Å². The van der Waals surface area contributed by atoms with Crippen LogP contribution in [-0.2, 0) is 6.42 Å². The van der Waals surface area contributed by atoms with Crippen molar-refractivity contribution >= 4 is 5.69 Å². The molecule has 86 valence electrons.